The maximum Gasteiger partial charge on any atom is 0.250 e. The van der Waals surface area contributed by atoms with Gasteiger partial charge in [0.25, 0.3) is 0 Å². The van der Waals surface area contributed by atoms with Gasteiger partial charge in [-0.15, -0.1) is 11.3 Å². The largest absolute Gasteiger partial charge is 0.250 e. The van der Waals surface area contributed by atoms with E-state index in [9.17, 15) is 8.42 Å². The second kappa shape index (κ2) is 6.43. The third-order valence-corrected chi connectivity index (χ3v) is 8.10. The normalized spacial score (nSPS) is 24.6. The summed E-state index contributed by atoms with van der Waals surface area (Å²) in [4.78, 5) is 0. The molecule has 19 heavy (non-hydrogen) atoms. The molecular weight excluding hydrogens is 370 g/mol. The first-order chi connectivity index (χ1) is 8.92. The van der Waals surface area contributed by atoms with E-state index in [1.807, 2.05) is 0 Å². The molecule has 0 amide bonds. The van der Waals surface area contributed by atoms with Gasteiger partial charge >= 0.3 is 0 Å². The number of rotatable bonds is 4. The van der Waals surface area contributed by atoms with Gasteiger partial charge in [0.05, 0.1) is 8.81 Å². The van der Waals surface area contributed by atoms with Gasteiger partial charge in [-0.05, 0) is 53.6 Å². The molecule has 0 spiro atoms. The average molecular weight is 387 g/mol. The van der Waals surface area contributed by atoms with Crippen molar-refractivity contribution in [3.8, 4) is 0 Å². The summed E-state index contributed by atoms with van der Waals surface area (Å²) in [7, 11) is -3.43. The monoisotopic (exact) mass is 385 g/mol. The number of thiophene rings is 1. The van der Waals surface area contributed by atoms with Crippen molar-refractivity contribution in [2.45, 2.75) is 49.3 Å². The van der Waals surface area contributed by atoms with Crippen LogP contribution >= 0.6 is 38.9 Å². The maximum atomic E-state index is 12.2. The van der Waals surface area contributed by atoms with Crippen LogP contribution in [0.5, 0.6) is 0 Å². The minimum Gasteiger partial charge on any atom is -0.207 e. The van der Waals surface area contributed by atoms with Crippen molar-refractivity contribution in [2.75, 3.05) is 0 Å². The Kier molecular flexibility index (Phi) is 5.34. The van der Waals surface area contributed by atoms with Crippen molar-refractivity contribution in [3.05, 3.63) is 14.9 Å². The Balaban J connectivity index is 2.02. The lowest BCUT2D eigenvalue weighted by atomic mass is 9.85. The predicted octanol–water partition coefficient (Wildman–Crippen LogP) is 4.41. The van der Waals surface area contributed by atoms with Crippen LogP contribution in [0, 0.1) is 5.92 Å². The van der Waals surface area contributed by atoms with Crippen molar-refractivity contribution in [3.63, 3.8) is 0 Å². The van der Waals surface area contributed by atoms with Crippen LogP contribution in [0.4, 0.5) is 0 Å². The zero-order valence-corrected chi connectivity index (χ0v) is 14.6. The Morgan fingerprint density at radius 1 is 1.42 bits per heavy atom. The summed E-state index contributed by atoms with van der Waals surface area (Å²) >= 11 is 10.3. The molecule has 0 radical (unpaired) electrons. The summed E-state index contributed by atoms with van der Waals surface area (Å²) in [6, 6.07) is 1.56. The highest BCUT2D eigenvalue weighted by Gasteiger charge is 2.26. The number of sulfonamides is 1. The Hall–Kier alpha value is 0.380. The lowest BCUT2D eigenvalue weighted by Gasteiger charge is -2.27. The van der Waals surface area contributed by atoms with Crippen LogP contribution in [0.25, 0.3) is 0 Å². The molecule has 1 fully saturated rings. The fraction of sp³-hybridized carbons (Fsp3) is 0.667. The van der Waals surface area contributed by atoms with Gasteiger partial charge in [-0.2, -0.15) is 0 Å². The summed E-state index contributed by atoms with van der Waals surface area (Å²) in [6.07, 6.45) is 5.26. The minimum atomic E-state index is -3.43. The van der Waals surface area contributed by atoms with Gasteiger partial charge in [0.15, 0.2) is 0 Å². The molecule has 108 valence electrons. The lowest BCUT2D eigenvalue weighted by molar-refractivity contribution is 0.306. The third-order valence-electron chi connectivity index (χ3n) is 3.63. The van der Waals surface area contributed by atoms with Crippen LogP contribution in [-0.2, 0) is 10.0 Å². The van der Waals surface area contributed by atoms with E-state index >= 15 is 0 Å². The van der Waals surface area contributed by atoms with E-state index in [0.717, 1.165) is 42.9 Å². The molecule has 0 aliphatic heterocycles. The minimum absolute atomic E-state index is 0.0625. The highest BCUT2D eigenvalue weighted by molar-refractivity contribution is 9.11. The molecule has 1 aliphatic rings. The average Bonchev–Trinajstić information content (AvgIpc) is 2.71. The summed E-state index contributed by atoms with van der Waals surface area (Å²) < 4.78 is 28.2. The Morgan fingerprint density at radius 3 is 2.53 bits per heavy atom. The molecule has 1 aromatic heterocycles. The summed E-state index contributed by atoms with van der Waals surface area (Å²) in [5.41, 5.74) is 0. The molecule has 0 atom stereocenters. The van der Waals surface area contributed by atoms with Gasteiger partial charge in [-0.25, -0.2) is 13.1 Å². The zero-order valence-electron chi connectivity index (χ0n) is 10.7. The van der Waals surface area contributed by atoms with Crippen molar-refractivity contribution in [1.82, 2.24) is 4.72 Å². The first-order valence-electron chi connectivity index (χ1n) is 6.39. The summed E-state index contributed by atoms with van der Waals surface area (Å²) in [5, 5.41) is 0.445. The van der Waals surface area contributed by atoms with Crippen molar-refractivity contribution < 1.29 is 8.42 Å². The third kappa shape index (κ3) is 3.94. The second-order valence-electron chi connectivity index (χ2n) is 4.93. The smallest absolute Gasteiger partial charge is 0.207 e. The number of hydrogen-bond acceptors (Lipinski definition) is 3. The van der Waals surface area contributed by atoms with Crippen LogP contribution in [0.15, 0.2) is 14.1 Å². The van der Waals surface area contributed by atoms with E-state index in [1.165, 1.54) is 12.5 Å². The highest BCUT2D eigenvalue weighted by Crippen LogP contribution is 2.35. The Bertz CT molecular complexity index is 516. The van der Waals surface area contributed by atoms with Gasteiger partial charge < -0.3 is 0 Å². The molecule has 0 unspecified atom stereocenters. The molecule has 0 saturated heterocycles. The number of hydrogen-bond donors (Lipinski definition) is 1. The van der Waals surface area contributed by atoms with Crippen LogP contribution in [-0.4, -0.2) is 14.5 Å². The molecular formula is C12H17BrClNO2S2. The molecule has 1 saturated carbocycles. The molecule has 3 nitrogen and oxygen atoms in total. The molecule has 1 heterocycles. The SMILES string of the molecule is CCC1CCC(NS(=O)(=O)c2cc(Cl)c(Br)s2)CC1. The van der Waals surface area contributed by atoms with Gasteiger partial charge in [0, 0.05) is 6.04 Å². The van der Waals surface area contributed by atoms with Gasteiger partial charge in [0.2, 0.25) is 10.0 Å². The molecule has 1 N–H and O–H groups in total. The second-order valence-corrected chi connectivity index (χ2v) is 9.65. The molecule has 0 aromatic carbocycles. The van der Waals surface area contributed by atoms with Gasteiger partial charge in [-0.1, -0.05) is 24.9 Å². The fourth-order valence-corrected chi connectivity index (χ4v) is 6.15. The first kappa shape index (κ1) is 15.8. The molecule has 1 aromatic rings. The molecule has 7 heteroatoms. The van der Waals surface area contributed by atoms with E-state index in [1.54, 1.807) is 0 Å². The number of halogens is 2. The topological polar surface area (TPSA) is 46.2 Å². The number of nitrogens with one attached hydrogen (secondary N) is 1. The van der Waals surface area contributed by atoms with Crippen molar-refractivity contribution in [1.29, 1.82) is 0 Å². The zero-order chi connectivity index (χ0) is 14.0. The van der Waals surface area contributed by atoms with Gasteiger partial charge in [-0.3, -0.25) is 0 Å². The van der Waals surface area contributed by atoms with Crippen LogP contribution in [0.1, 0.15) is 39.0 Å². The summed E-state index contributed by atoms with van der Waals surface area (Å²) in [5.74, 6) is 0.756. The first-order valence-corrected chi connectivity index (χ1v) is 9.86. The van der Waals surface area contributed by atoms with E-state index < -0.39 is 10.0 Å². The Morgan fingerprint density at radius 2 is 2.05 bits per heavy atom. The Labute approximate surface area is 131 Å². The quantitative estimate of drug-likeness (QED) is 0.833. The van der Waals surface area contributed by atoms with E-state index in [2.05, 4.69) is 27.6 Å². The van der Waals surface area contributed by atoms with Crippen LogP contribution in [0.3, 0.4) is 0 Å². The van der Waals surface area contributed by atoms with Crippen LogP contribution in [0.2, 0.25) is 5.02 Å². The van der Waals surface area contributed by atoms with Crippen molar-refractivity contribution >= 4 is 48.9 Å². The van der Waals surface area contributed by atoms with E-state index in [-0.39, 0.29) is 10.3 Å². The standard InChI is InChI=1S/C12H17BrClNO2S2/c1-2-8-3-5-9(6-4-8)15-19(16,17)11-7-10(14)12(13)18-11/h7-9,15H,2-6H2,1H3. The maximum absolute atomic E-state index is 12.2. The van der Waals surface area contributed by atoms with Gasteiger partial charge in [0.1, 0.15) is 4.21 Å². The molecule has 2 rings (SSSR count). The lowest BCUT2D eigenvalue weighted by Crippen LogP contribution is -2.37. The highest BCUT2D eigenvalue weighted by atomic mass is 79.9. The molecule has 1 aliphatic carbocycles. The fourth-order valence-electron chi connectivity index (χ4n) is 2.43. The molecule has 0 bridgehead atoms. The summed E-state index contributed by atoms with van der Waals surface area (Å²) in [6.45, 7) is 2.19. The van der Waals surface area contributed by atoms with Crippen LogP contribution < -0.4 is 4.72 Å². The van der Waals surface area contributed by atoms with E-state index in [4.69, 9.17) is 11.6 Å². The van der Waals surface area contributed by atoms with E-state index in [0.29, 0.717) is 8.81 Å². The van der Waals surface area contributed by atoms with Crippen molar-refractivity contribution in [2.24, 2.45) is 5.92 Å². The predicted molar refractivity (Wildman–Crippen MR) is 83.4 cm³/mol.